The molecule has 2 heterocycles. The lowest BCUT2D eigenvalue weighted by Gasteiger charge is -2.39. The monoisotopic (exact) mass is 517 g/mol. The van der Waals surface area contributed by atoms with E-state index in [4.69, 9.17) is 16.3 Å². The molecule has 0 radical (unpaired) electrons. The van der Waals surface area contributed by atoms with Crippen molar-refractivity contribution < 1.29 is 19.1 Å². The summed E-state index contributed by atoms with van der Waals surface area (Å²) in [7, 11) is 0. The summed E-state index contributed by atoms with van der Waals surface area (Å²) in [5.41, 5.74) is 2.54. The Morgan fingerprint density at radius 2 is 1.50 bits per heavy atom. The molecule has 3 aromatic rings. The number of halogens is 1. The largest absolute Gasteiger partial charge is 0.451 e. The van der Waals surface area contributed by atoms with Crippen LogP contribution in [0.15, 0.2) is 96.6 Å². The topological polar surface area (TPSA) is 63.7 Å². The number of fused-ring (bicyclic) bond motifs is 1. The van der Waals surface area contributed by atoms with Crippen molar-refractivity contribution in [3.8, 4) is 0 Å². The fourth-order valence-electron chi connectivity index (χ4n) is 4.64. The molecular weight excluding hydrogens is 494 g/mol. The lowest BCUT2D eigenvalue weighted by molar-refractivity contribution is -0.160. The lowest BCUT2D eigenvalue weighted by atomic mass is 9.94. The van der Waals surface area contributed by atoms with Crippen LogP contribution in [0.25, 0.3) is 0 Å². The van der Waals surface area contributed by atoms with Crippen LogP contribution in [0.4, 0.5) is 0 Å². The molecule has 36 heavy (non-hydrogen) atoms. The third kappa shape index (κ3) is 4.47. The molecule has 3 aromatic carbocycles. The van der Waals surface area contributed by atoms with Gasteiger partial charge in [-0.15, -0.1) is 11.8 Å². The van der Waals surface area contributed by atoms with Crippen LogP contribution in [0.2, 0.25) is 5.02 Å². The quantitative estimate of drug-likeness (QED) is 0.178. The molecule has 5 nitrogen and oxygen atoms in total. The van der Waals surface area contributed by atoms with Crippen molar-refractivity contribution in [2.24, 2.45) is 0 Å². The van der Waals surface area contributed by atoms with Gasteiger partial charge in [-0.3, -0.25) is 9.59 Å². The number of amides is 1. The number of esters is 1. The number of β-lactam (4-membered cyclic amide) rings is 1. The number of ketones is 1. The zero-order chi connectivity index (χ0) is 25.4. The fraction of sp³-hybridized carbons (Fsp3) is 0.207. The standard InChI is InChI=1S/C29H24ClNO4S/c1-29(2)25(28(34)35-24(19-9-5-3-6-10-19)20-11-7-4-8-12-20)31-26(33)22(27(31)36-29)17-23(32)18-13-15-21(30)16-14-18/h3-17,24-25,27H,1-2H3/b22-17-/t25-,27+/m0/s1. The van der Waals surface area contributed by atoms with E-state index in [0.29, 0.717) is 16.2 Å². The summed E-state index contributed by atoms with van der Waals surface area (Å²) < 4.78 is 5.49. The number of thioether (sulfide) groups is 1. The Morgan fingerprint density at radius 3 is 2.06 bits per heavy atom. The van der Waals surface area contributed by atoms with Crippen LogP contribution in [0.5, 0.6) is 0 Å². The summed E-state index contributed by atoms with van der Waals surface area (Å²) in [6.07, 6.45) is 0.776. The smallest absolute Gasteiger partial charge is 0.331 e. The van der Waals surface area contributed by atoms with Crippen LogP contribution in [0, 0.1) is 0 Å². The molecule has 0 spiro atoms. The number of allylic oxidation sites excluding steroid dienone is 1. The number of hydrogen-bond acceptors (Lipinski definition) is 5. The first kappa shape index (κ1) is 24.3. The lowest BCUT2D eigenvalue weighted by Crippen LogP contribution is -2.59. The predicted octanol–water partition coefficient (Wildman–Crippen LogP) is 5.84. The molecule has 0 bridgehead atoms. The van der Waals surface area contributed by atoms with Gasteiger partial charge in [0.1, 0.15) is 11.4 Å². The average Bonchev–Trinajstić information content (AvgIpc) is 3.14. The Hall–Kier alpha value is -3.35. The third-order valence-electron chi connectivity index (χ3n) is 6.43. The van der Waals surface area contributed by atoms with E-state index in [0.717, 1.165) is 11.1 Å². The second-order valence-electron chi connectivity index (χ2n) is 9.30. The number of rotatable bonds is 6. The van der Waals surface area contributed by atoms with Crippen molar-refractivity contribution in [2.75, 3.05) is 0 Å². The van der Waals surface area contributed by atoms with Gasteiger partial charge in [0.05, 0.1) is 5.57 Å². The van der Waals surface area contributed by atoms with E-state index in [1.54, 1.807) is 29.2 Å². The minimum absolute atomic E-state index is 0.271. The molecule has 0 saturated carbocycles. The number of hydrogen-bond donors (Lipinski definition) is 0. The highest BCUT2D eigenvalue weighted by molar-refractivity contribution is 8.01. The highest BCUT2D eigenvalue weighted by Gasteiger charge is 2.62. The first-order valence-electron chi connectivity index (χ1n) is 11.6. The third-order valence-corrected chi connectivity index (χ3v) is 8.22. The van der Waals surface area contributed by atoms with Gasteiger partial charge in [0, 0.05) is 15.3 Å². The van der Waals surface area contributed by atoms with Crippen LogP contribution < -0.4 is 0 Å². The van der Waals surface area contributed by atoms with Crippen LogP contribution in [-0.2, 0) is 14.3 Å². The number of ether oxygens (including phenoxy) is 1. The fourth-order valence-corrected chi connectivity index (χ4v) is 6.31. The van der Waals surface area contributed by atoms with Gasteiger partial charge in [-0.25, -0.2) is 4.79 Å². The molecular formula is C29H24ClNO4S. The van der Waals surface area contributed by atoms with Gasteiger partial charge in [-0.2, -0.15) is 0 Å². The maximum absolute atomic E-state index is 13.6. The van der Waals surface area contributed by atoms with Gasteiger partial charge in [-0.1, -0.05) is 72.3 Å². The average molecular weight is 518 g/mol. The number of carbonyl (C=O) groups excluding carboxylic acids is 3. The van der Waals surface area contributed by atoms with Crippen LogP contribution in [0.3, 0.4) is 0 Å². The number of carbonyl (C=O) groups is 3. The van der Waals surface area contributed by atoms with Crippen LogP contribution in [0.1, 0.15) is 41.4 Å². The van der Waals surface area contributed by atoms with E-state index < -0.39 is 22.9 Å². The summed E-state index contributed by atoms with van der Waals surface area (Å²) >= 11 is 7.40. The van der Waals surface area contributed by atoms with E-state index in [1.807, 2.05) is 74.5 Å². The van der Waals surface area contributed by atoms with E-state index in [1.165, 1.54) is 17.8 Å². The van der Waals surface area contributed by atoms with Crippen molar-refractivity contribution in [1.29, 1.82) is 0 Å². The second kappa shape index (κ2) is 9.60. The molecule has 1 amide bonds. The summed E-state index contributed by atoms with van der Waals surface area (Å²) in [6, 6.07) is 24.8. The second-order valence-corrected chi connectivity index (χ2v) is 11.5. The molecule has 5 rings (SSSR count). The van der Waals surface area contributed by atoms with Gasteiger partial charge in [0.15, 0.2) is 11.9 Å². The first-order chi connectivity index (χ1) is 17.3. The molecule has 182 valence electrons. The van der Waals surface area contributed by atoms with Crippen molar-refractivity contribution in [2.45, 2.75) is 36.1 Å². The molecule has 2 fully saturated rings. The molecule has 0 N–H and O–H groups in total. The van der Waals surface area contributed by atoms with E-state index >= 15 is 0 Å². The normalized spacial score (nSPS) is 21.3. The van der Waals surface area contributed by atoms with Crippen molar-refractivity contribution in [1.82, 2.24) is 4.90 Å². The molecule has 2 aliphatic rings. The summed E-state index contributed by atoms with van der Waals surface area (Å²) in [5.74, 6) is -1.06. The van der Waals surface area contributed by atoms with Gasteiger partial charge < -0.3 is 9.64 Å². The zero-order valence-corrected chi connectivity index (χ0v) is 21.3. The predicted molar refractivity (Wildman–Crippen MR) is 141 cm³/mol. The minimum Gasteiger partial charge on any atom is -0.451 e. The molecule has 2 saturated heterocycles. The Balaban J connectivity index is 1.39. The number of benzene rings is 3. The molecule has 0 aliphatic carbocycles. The van der Waals surface area contributed by atoms with E-state index in [2.05, 4.69) is 0 Å². The Labute approximate surface area is 219 Å². The molecule has 2 aliphatic heterocycles. The highest BCUT2D eigenvalue weighted by Crippen LogP contribution is 2.53. The molecule has 0 aromatic heterocycles. The molecule has 2 atom stereocenters. The maximum Gasteiger partial charge on any atom is 0.331 e. The summed E-state index contributed by atoms with van der Waals surface area (Å²) in [6.45, 7) is 3.85. The van der Waals surface area contributed by atoms with Crippen molar-refractivity contribution in [3.05, 3.63) is 118 Å². The minimum atomic E-state index is -0.780. The van der Waals surface area contributed by atoms with Crippen LogP contribution >= 0.6 is 23.4 Å². The molecule has 7 heteroatoms. The first-order valence-corrected chi connectivity index (χ1v) is 12.8. The van der Waals surface area contributed by atoms with Crippen molar-refractivity contribution in [3.63, 3.8) is 0 Å². The van der Waals surface area contributed by atoms with E-state index in [9.17, 15) is 14.4 Å². The van der Waals surface area contributed by atoms with Gasteiger partial charge >= 0.3 is 5.97 Å². The van der Waals surface area contributed by atoms with Crippen LogP contribution in [-0.4, -0.2) is 38.7 Å². The van der Waals surface area contributed by atoms with E-state index in [-0.39, 0.29) is 17.1 Å². The summed E-state index contributed by atoms with van der Waals surface area (Å²) in [5, 5.41) is 0.150. The molecule has 0 unspecified atom stereocenters. The highest BCUT2D eigenvalue weighted by atomic mass is 35.5. The Kier molecular flexibility index (Phi) is 6.49. The maximum atomic E-state index is 13.6. The Bertz CT molecular complexity index is 1300. The van der Waals surface area contributed by atoms with Crippen molar-refractivity contribution >= 4 is 41.0 Å². The number of nitrogens with zero attached hydrogens (tertiary/aromatic N) is 1. The SMILES string of the molecule is CC1(C)S[C@@H]2/C(=C\C(=O)c3ccc(Cl)cc3)C(=O)N2[C@H]1C(=O)OC(c1ccccc1)c1ccccc1. The van der Waals surface area contributed by atoms with Gasteiger partial charge in [-0.05, 0) is 55.3 Å². The Morgan fingerprint density at radius 1 is 0.944 bits per heavy atom. The van der Waals surface area contributed by atoms with Gasteiger partial charge in [0.2, 0.25) is 0 Å². The zero-order valence-electron chi connectivity index (χ0n) is 19.8. The summed E-state index contributed by atoms with van der Waals surface area (Å²) in [4.78, 5) is 41.0. The van der Waals surface area contributed by atoms with Gasteiger partial charge in [0.25, 0.3) is 5.91 Å².